The van der Waals surface area contributed by atoms with Gasteiger partial charge >= 0.3 is 0 Å². The maximum Gasteiger partial charge on any atom is 0.150 e. The quantitative estimate of drug-likeness (QED) is 0.652. The molecular formula is C16H11BrFNO. The molecular weight excluding hydrogens is 321 g/mol. The number of hydrogen-bond acceptors (Lipinski definition) is 1. The molecule has 2 nitrogen and oxygen atoms in total. The molecule has 20 heavy (non-hydrogen) atoms. The molecule has 0 aliphatic heterocycles. The molecule has 3 rings (SSSR count). The summed E-state index contributed by atoms with van der Waals surface area (Å²) in [5.74, 6) is -0.263. The van der Waals surface area contributed by atoms with E-state index in [9.17, 15) is 9.18 Å². The van der Waals surface area contributed by atoms with Crippen LogP contribution in [-0.4, -0.2) is 10.9 Å². The van der Waals surface area contributed by atoms with E-state index in [1.54, 1.807) is 12.1 Å². The Labute approximate surface area is 124 Å². The van der Waals surface area contributed by atoms with E-state index in [-0.39, 0.29) is 5.82 Å². The van der Waals surface area contributed by atoms with Crippen LogP contribution in [0.1, 0.15) is 15.9 Å². The molecule has 3 aromatic rings. The van der Waals surface area contributed by atoms with E-state index in [1.165, 1.54) is 12.1 Å². The van der Waals surface area contributed by atoms with Gasteiger partial charge in [0.15, 0.2) is 6.29 Å². The van der Waals surface area contributed by atoms with E-state index in [0.717, 1.165) is 27.2 Å². The Morgan fingerprint density at radius 3 is 2.80 bits per heavy atom. The van der Waals surface area contributed by atoms with Crippen LogP contribution in [0.25, 0.3) is 10.9 Å². The van der Waals surface area contributed by atoms with Gasteiger partial charge in [0.05, 0.1) is 0 Å². The lowest BCUT2D eigenvalue weighted by molar-refractivity contribution is 0.112. The summed E-state index contributed by atoms with van der Waals surface area (Å²) in [6.07, 6.45) is 2.80. The molecule has 0 bridgehead atoms. The van der Waals surface area contributed by atoms with Crippen LogP contribution in [0.5, 0.6) is 0 Å². The largest absolute Gasteiger partial charge is 0.343 e. The molecule has 0 unspecified atom stereocenters. The average molecular weight is 332 g/mol. The van der Waals surface area contributed by atoms with Gasteiger partial charge in [-0.2, -0.15) is 0 Å². The van der Waals surface area contributed by atoms with Gasteiger partial charge in [-0.05, 0) is 29.8 Å². The zero-order valence-corrected chi connectivity index (χ0v) is 12.1. The van der Waals surface area contributed by atoms with Crippen molar-refractivity contribution in [2.45, 2.75) is 6.54 Å². The summed E-state index contributed by atoms with van der Waals surface area (Å²) >= 11 is 3.38. The standard InChI is InChI=1S/C16H11BrFNO/c17-15-8-13(18)5-4-11(15)9-19-7-6-14-12(10-20)2-1-3-16(14)19/h1-8,10H,9H2. The Morgan fingerprint density at radius 2 is 2.05 bits per heavy atom. The number of fused-ring (bicyclic) bond motifs is 1. The van der Waals surface area contributed by atoms with Gasteiger partial charge in [-0.25, -0.2) is 4.39 Å². The molecule has 0 fully saturated rings. The van der Waals surface area contributed by atoms with E-state index in [2.05, 4.69) is 15.9 Å². The first-order chi connectivity index (χ1) is 9.69. The van der Waals surface area contributed by atoms with Crippen molar-refractivity contribution in [1.82, 2.24) is 4.57 Å². The first kappa shape index (κ1) is 13.1. The summed E-state index contributed by atoms with van der Waals surface area (Å²) < 4.78 is 15.9. The summed E-state index contributed by atoms with van der Waals surface area (Å²) in [5.41, 5.74) is 2.66. The number of benzene rings is 2. The number of aromatic nitrogens is 1. The lowest BCUT2D eigenvalue weighted by Crippen LogP contribution is -1.99. The third kappa shape index (κ3) is 2.27. The monoisotopic (exact) mass is 331 g/mol. The van der Waals surface area contributed by atoms with Gasteiger partial charge in [0, 0.05) is 33.7 Å². The van der Waals surface area contributed by atoms with Crippen molar-refractivity contribution in [2.75, 3.05) is 0 Å². The topological polar surface area (TPSA) is 22.0 Å². The van der Waals surface area contributed by atoms with Crippen LogP contribution >= 0.6 is 15.9 Å². The minimum absolute atomic E-state index is 0.263. The molecule has 0 aliphatic carbocycles. The van der Waals surface area contributed by atoms with Crippen molar-refractivity contribution >= 4 is 33.1 Å². The SMILES string of the molecule is O=Cc1cccc2c1ccn2Cc1ccc(F)cc1Br. The molecule has 1 aromatic heterocycles. The third-order valence-corrected chi connectivity index (χ3v) is 4.07. The highest BCUT2D eigenvalue weighted by Crippen LogP contribution is 2.23. The summed E-state index contributed by atoms with van der Waals surface area (Å²) in [6, 6.07) is 12.2. The van der Waals surface area contributed by atoms with Crippen molar-refractivity contribution in [2.24, 2.45) is 0 Å². The van der Waals surface area contributed by atoms with Crippen LogP contribution in [0.15, 0.2) is 53.1 Å². The summed E-state index contributed by atoms with van der Waals surface area (Å²) in [4.78, 5) is 11.0. The molecule has 0 spiro atoms. The fourth-order valence-corrected chi connectivity index (χ4v) is 2.80. The second-order valence-corrected chi connectivity index (χ2v) is 5.43. The Bertz CT molecular complexity index is 794. The van der Waals surface area contributed by atoms with Crippen LogP contribution in [0, 0.1) is 5.82 Å². The first-order valence-electron chi connectivity index (χ1n) is 6.16. The molecule has 0 N–H and O–H groups in total. The van der Waals surface area contributed by atoms with Gasteiger partial charge in [-0.1, -0.05) is 34.1 Å². The minimum Gasteiger partial charge on any atom is -0.343 e. The lowest BCUT2D eigenvalue weighted by Gasteiger charge is -2.08. The zero-order chi connectivity index (χ0) is 14.1. The summed E-state index contributed by atoms with van der Waals surface area (Å²) in [5, 5.41) is 0.931. The number of aldehydes is 1. The highest BCUT2D eigenvalue weighted by atomic mass is 79.9. The average Bonchev–Trinajstić information content (AvgIpc) is 2.85. The van der Waals surface area contributed by atoms with Gasteiger partial charge < -0.3 is 4.57 Å². The van der Waals surface area contributed by atoms with Crippen LogP contribution < -0.4 is 0 Å². The summed E-state index contributed by atoms with van der Waals surface area (Å²) in [7, 11) is 0. The van der Waals surface area contributed by atoms with E-state index >= 15 is 0 Å². The molecule has 0 atom stereocenters. The third-order valence-electron chi connectivity index (χ3n) is 3.33. The van der Waals surface area contributed by atoms with E-state index in [0.29, 0.717) is 12.1 Å². The highest BCUT2D eigenvalue weighted by molar-refractivity contribution is 9.10. The Kier molecular flexibility index (Phi) is 3.40. The maximum absolute atomic E-state index is 13.1. The number of rotatable bonds is 3. The number of carbonyl (C=O) groups is 1. The fourth-order valence-electron chi connectivity index (χ4n) is 2.32. The predicted molar refractivity (Wildman–Crippen MR) is 80.5 cm³/mol. The molecule has 0 amide bonds. The maximum atomic E-state index is 13.1. The Morgan fingerprint density at radius 1 is 1.20 bits per heavy atom. The lowest BCUT2D eigenvalue weighted by atomic mass is 10.1. The molecule has 100 valence electrons. The number of nitrogens with zero attached hydrogens (tertiary/aromatic N) is 1. The van der Waals surface area contributed by atoms with E-state index in [1.807, 2.05) is 29.0 Å². The normalized spacial score (nSPS) is 10.9. The second-order valence-electron chi connectivity index (χ2n) is 4.58. The van der Waals surface area contributed by atoms with Crippen molar-refractivity contribution in [3.8, 4) is 0 Å². The number of halogens is 2. The van der Waals surface area contributed by atoms with Crippen LogP contribution in [-0.2, 0) is 6.54 Å². The molecule has 0 saturated heterocycles. The Hall–Kier alpha value is -1.94. The first-order valence-corrected chi connectivity index (χ1v) is 6.95. The number of hydrogen-bond donors (Lipinski definition) is 0. The fraction of sp³-hybridized carbons (Fsp3) is 0.0625. The highest BCUT2D eigenvalue weighted by Gasteiger charge is 2.07. The predicted octanol–water partition coefficient (Wildman–Crippen LogP) is 4.40. The van der Waals surface area contributed by atoms with Gasteiger partial charge in [0.1, 0.15) is 5.82 Å². The summed E-state index contributed by atoms with van der Waals surface area (Å²) in [6.45, 7) is 0.618. The van der Waals surface area contributed by atoms with Gasteiger partial charge in [0.2, 0.25) is 0 Å². The smallest absolute Gasteiger partial charge is 0.150 e. The Balaban J connectivity index is 2.05. The van der Waals surface area contributed by atoms with Crippen LogP contribution in [0.3, 0.4) is 0 Å². The van der Waals surface area contributed by atoms with Gasteiger partial charge in [0.25, 0.3) is 0 Å². The van der Waals surface area contributed by atoms with E-state index in [4.69, 9.17) is 0 Å². The van der Waals surface area contributed by atoms with Crippen molar-refractivity contribution in [3.63, 3.8) is 0 Å². The van der Waals surface area contributed by atoms with Crippen LogP contribution in [0.2, 0.25) is 0 Å². The van der Waals surface area contributed by atoms with Crippen molar-refractivity contribution in [3.05, 3.63) is 70.1 Å². The van der Waals surface area contributed by atoms with Crippen molar-refractivity contribution in [1.29, 1.82) is 0 Å². The molecule has 0 aliphatic rings. The molecule has 4 heteroatoms. The van der Waals surface area contributed by atoms with Crippen LogP contribution in [0.4, 0.5) is 4.39 Å². The van der Waals surface area contributed by atoms with Crippen molar-refractivity contribution < 1.29 is 9.18 Å². The second kappa shape index (κ2) is 5.21. The zero-order valence-electron chi connectivity index (χ0n) is 10.5. The molecule has 0 saturated carbocycles. The minimum atomic E-state index is -0.263. The number of carbonyl (C=O) groups excluding carboxylic acids is 1. The van der Waals surface area contributed by atoms with Gasteiger partial charge in [-0.15, -0.1) is 0 Å². The molecule has 0 radical (unpaired) electrons. The molecule has 2 aromatic carbocycles. The molecule has 1 heterocycles. The van der Waals surface area contributed by atoms with Gasteiger partial charge in [-0.3, -0.25) is 4.79 Å². The van der Waals surface area contributed by atoms with E-state index < -0.39 is 0 Å².